The average molecular weight is 314 g/mol. The Morgan fingerprint density at radius 3 is 2.87 bits per heavy atom. The molecule has 0 amide bonds. The molecular weight excluding hydrogens is 299 g/mol. The van der Waals surface area contributed by atoms with E-state index in [1.165, 1.54) is 12.1 Å². The highest BCUT2D eigenvalue weighted by Crippen LogP contribution is 2.33. The molecule has 0 saturated heterocycles. The highest BCUT2D eigenvalue weighted by atomic mass is 19.1. The summed E-state index contributed by atoms with van der Waals surface area (Å²) in [5.41, 5.74) is 2.65. The number of imidazole rings is 1. The van der Waals surface area contributed by atoms with Gasteiger partial charge in [0.05, 0.1) is 24.6 Å². The Morgan fingerprint density at radius 1 is 1.30 bits per heavy atom. The molecule has 0 radical (unpaired) electrons. The highest BCUT2D eigenvalue weighted by Gasteiger charge is 2.31. The van der Waals surface area contributed by atoms with Crippen LogP contribution >= 0.6 is 0 Å². The zero-order valence-electron chi connectivity index (χ0n) is 12.2. The zero-order chi connectivity index (χ0) is 15.8. The molecule has 1 unspecified atom stereocenters. The van der Waals surface area contributed by atoms with E-state index < -0.39 is 0 Å². The summed E-state index contributed by atoms with van der Waals surface area (Å²) >= 11 is 0. The molecule has 0 saturated carbocycles. The first-order chi connectivity index (χ1) is 11.2. The Labute approximate surface area is 130 Å². The fourth-order valence-electron chi connectivity index (χ4n) is 3.08. The predicted octanol–water partition coefficient (Wildman–Crippen LogP) is 1.11. The lowest BCUT2D eigenvalue weighted by atomic mass is 9.95. The third kappa shape index (κ3) is 2.57. The SMILES string of the molecule is O=c1[nH]nc(CN2CCc3[nH]cnc3C2c2ccc(F)cc2)[nH]1. The van der Waals surface area contributed by atoms with Gasteiger partial charge in [0.15, 0.2) is 0 Å². The number of nitrogens with one attached hydrogen (secondary N) is 3. The molecule has 0 fully saturated rings. The van der Waals surface area contributed by atoms with Crippen LogP contribution in [0.25, 0.3) is 0 Å². The molecule has 7 nitrogen and oxygen atoms in total. The van der Waals surface area contributed by atoms with Gasteiger partial charge in [0.1, 0.15) is 11.6 Å². The Morgan fingerprint density at radius 2 is 2.13 bits per heavy atom. The number of aromatic amines is 3. The van der Waals surface area contributed by atoms with Gasteiger partial charge in [-0.25, -0.2) is 19.3 Å². The van der Waals surface area contributed by atoms with Gasteiger partial charge < -0.3 is 4.98 Å². The van der Waals surface area contributed by atoms with Crippen molar-refractivity contribution in [3.8, 4) is 0 Å². The number of fused-ring (bicyclic) bond motifs is 1. The van der Waals surface area contributed by atoms with Gasteiger partial charge >= 0.3 is 5.69 Å². The monoisotopic (exact) mass is 314 g/mol. The summed E-state index contributed by atoms with van der Waals surface area (Å²) in [6.45, 7) is 1.26. The van der Waals surface area contributed by atoms with E-state index in [1.807, 2.05) is 0 Å². The van der Waals surface area contributed by atoms with E-state index in [1.54, 1.807) is 18.5 Å². The van der Waals surface area contributed by atoms with Crippen molar-refractivity contribution < 1.29 is 4.39 Å². The van der Waals surface area contributed by atoms with Crippen LogP contribution in [0.4, 0.5) is 4.39 Å². The smallest absolute Gasteiger partial charge is 0.340 e. The first kappa shape index (κ1) is 13.9. The van der Waals surface area contributed by atoms with Gasteiger partial charge in [0.25, 0.3) is 0 Å². The van der Waals surface area contributed by atoms with E-state index in [2.05, 4.69) is 30.0 Å². The molecule has 0 spiro atoms. The van der Waals surface area contributed by atoms with E-state index in [9.17, 15) is 9.18 Å². The number of nitrogens with zero attached hydrogens (tertiary/aromatic N) is 3. The first-order valence-corrected chi connectivity index (χ1v) is 7.36. The number of aromatic nitrogens is 5. The largest absolute Gasteiger partial charge is 0.348 e. The summed E-state index contributed by atoms with van der Waals surface area (Å²) in [6.07, 6.45) is 2.52. The molecule has 1 atom stereocenters. The standard InChI is InChI=1S/C15H15FN6O/c16-10-3-1-9(2-4-10)14-13-11(17-8-18-13)5-6-22(14)7-12-19-15(23)21-20-12/h1-4,8,14H,5-7H2,(H,17,18)(H2,19,20,21,23). The zero-order valence-corrected chi connectivity index (χ0v) is 12.2. The minimum Gasteiger partial charge on any atom is -0.348 e. The minimum atomic E-state index is -0.323. The second kappa shape index (κ2) is 5.47. The Hall–Kier alpha value is -2.74. The second-order valence-corrected chi connectivity index (χ2v) is 5.57. The summed E-state index contributed by atoms with van der Waals surface area (Å²) in [4.78, 5) is 23.7. The molecule has 3 aromatic rings. The summed E-state index contributed by atoms with van der Waals surface area (Å²) in [7, 11) is 0. The number of hydrogen-bond acceptors (Lipinski definition) is 4. The van der Waals surface area contributed by atoms with Crippen molar-refractivity contribution in [2.24, 2.45) is 0 Å². The molecule has 0 aliphatic carbocycles. The number of rotatable bonds is 3. The van der Waals surface area contributed by atoms with E-state index in [-0.39, 0.29) is 17.5 Å². The van der Waals surface area contributed by atoms with Crippen molar-refractivity contribution in [2.45, 2.75) is 19.0 Å². The summed E-state index contributed by atoms with van der Waals surface area (Å²) < 4.78 is 13.2. The predicted molar refractivity (Wildman–Crippen MR) is 80.2 cm³/mol. The average Bonchev–Trinajstić information content (AvgIpc) is 3.17. The van der Waals surface area contributed by atoms with Crippen LogP contribution in [0.15, 0.2) is 35.4 Å². The normalized spacial score (nSPS) is 18.0. The van der Waals surface area contributed by atoms with Crippen molar-refractivity contribution in [3.63, 3.8) is 0 Å². The van der Waals surface area contributed by atoms with Gasteiger partial charge in [-0.2, -0.15) is 5.10 Å². The molecule has 1 aromatic carbocycles. The second-order valence-electron chi connectivity index (χ2n) is 5.57. The molecule has 4 rings (SSSR count). The van der Waals surface area contributed by atoms with Crippen molar-refractivity contribution in [2.75, 3.05) is 6.54 Å². The molecule has 8 heteroatoms. The van der Waals surface area contributed by atoms with E-state index in [0.717, 1.165) is 29.9 Å². The quantitative estimate of drug-likeness (QED) is 0.675. The van der Waals surface area contributed by atoms with Crippen LogP contribution in [-0.2, 0) is 13.0 Å². The first-order valence-electron chi connectivity index (χ1n) is 7.36. The number of hydrogen-bond donors (Lipinski definition) is 3. The number of H-pyrrole nitrogens is 3. The maximum Gasteiger partial charge on any atom is 0.340 e. The Bertz CT molecular complexity index is 864. The third-order valence-corrected chi connectivity index (χ3v) is 4.11. The molecule has 23 heavy (non-hydrogen) atoms. The topological polar surface area (TPSA) is 93.5 Å². The van der Waals surface area contributed by atoms with Crippen LogP contribution in [0.2, 0.25) is 0 Å². The van der Waals surface area contributed by atoms with Crippen molar-refractivity contribution >= 4 is 0 Å². The van der Waals surface area contributed by atoms with Crippen LogP contribution in [0.3, 0.4) is 0 Å². The fourth-order valence-corrected chi connectivity index (χ4v) is 3.08. The molecular formula is C15H15FN6O. The maximum atomic E-state index is 13.2. The number of halogens is 1. The molecule has 1 aliphatic heterocycles. The van der Waals surface area contributed by atoms with Gasteiger partial charge in [-0.1, -0.05) is 12.1 Å². The lowest BCUT2D eigenvalue weighted by Gasteiger charge is -2.34. The van der Waals surface area contributed by atoms with Gasteiger partial charge in [0, 0.05) is 18.7 Å². The molecule has 1 aliphatic rings. The maximum absolute atomic E-state index is 13.2. The summed E-state index contributed by atoms with van der Waals surface area (Å²) in [5, 5.41) is 6.35. The summed E-state index contributed by atoms with van der Waals surface area (Å²) in [6, 6.07) is 6.33. The Balaban J connectivity index is 1.72. The van der Waals surface area contributed by atoms with Gasteiger partial charge in [-0.15, -0.1) is 0 Å². The highest BCUT2D eigenvalue weighted by molar-refractivity contribution is 5.32. The van der Waals surface area contributed by atoms with E-state index in [0.29, 0.717) is 12.4 Å². The molecule has 2 aromatic heterocycles. The van der Waals surface area contributed by atoms with Crippen molar-refractivity contribution in [3.05, 3.63) is 69.7 Å². The summed E-state index contributed by atoms with van der Waals surface area (Å²) in [5.74, 6) is 0.302. The Kier molecular flexibility index (Phi) is 3.30. The molecule has 3 heterocycles. The lowest BCUT2D eigenvalue weighted by Crippen LogP contribution is -2.36. The van der Waals surface area contributed by atoms with Crippen LogP contribution in [-0.4, -0.2) is 36.6 Å². The van der Waals surface area contributed by atoms with Crippen molar-refractivity contribution in [1.29, 1.82) is 0 Å². The van der Waals surface area contributed by atoms with E-state index in [4.69, 9.17) is 0 Å². The van der Waals surface area contributed by atoms with Gasteiger partial charge in [-0.05, 0) is 17.7 Å². The molecule has 118 valence electrons. The van der Waals surface area contributed by atoms with Gasteiger partial charge in [-0.3, -0.25) is 9.88 Å². The number of benzene rings is 1. The van der Waals surface area contributed by atoms with Crippen LogP contribution in [0.1, 0.15) is 28.8 Å². The third-order valence-electron chi connectivity index (χ3n) is 4.11. The van der Waals surface area contributed by atoms with Crippen LogP contribution in [0, 0.1) is 5.82 Å². The van der Waals surface area contributed by atoms with Crippen LogP contribution < -0.4 is 5.69 Å². The molecule has 3 N–H and O–H groups in total. The van der Waals surface area contributed by atoms with Gasteiger partial charge in [0.2, 0.25) is 0 Å². The van der Waals surface area contributed by atoms with Crippen molar-refractivity contribution in [1.82, 2.24) is 30.0 Å². The lowest BCUT2D eigenvalue weighted by molar-refractivity contribution is 0.195. The molecule has 0 bridgehead atoms. The van der Waals surface area contributed by atoms with Crippen LogP contribution in [0.5, 0.6) is 0 Å². The minimum absolute atomic E-state index is 0.106. The fraction of sp³-hybridized carbons (Fsp3) is 0.267. The van der Waals surface area contributed by atoms with E-state index >= 15 is 0 Å².